The predicted molar refractivity (Wildman–Crippen MR) is 141 cm³/mol. The van der Waals surface area contributed by atoms with Crippen LogP contribution < -0.4 is 15.9 Å². The number of carbonyl (C=O) groups excluding carboxylic acids is 2. The summed E-state index contributed by atoms with van der Waals surface area (Å²) >= 11 is 1.41. The van der Waals surface area contributed by atoms with Crippen molar-refractivity contribution >= 4 is 40.3 Å². The molecule has 4 aliphatic heterocycles. The number of rotatable bonds is 5. The largest absolute Gasteiger partial charge is 0.496 e. The molecule has 5 heterocycles. The Bertz CT molecular complexity index is 1420. The number of nitrogens with zero attached hydrogens (tertiary/aromatic N) is 5. The molecule has 6 rings (SSSR count). The van der Waals surface area contributed by atoms with Crippen LogP contribution in [0.1, 0.15) is 46.5 Å². The second kappa shape index (κ2) is 9.02. The standard InChI is InChI=1S/C26H27N7O3S/c1-15-12-29-26(37-15)31-25(35)16-4-7-19(21(11-16)36-2)24-30-23(20-13-28-9-10-33(20,24)27)17-3-5-18-6-8-22(34)32(18)14-17/h4,7,9-13,17-18H,3,5-6,8,14,27H2,1-2H3/p+1/t17-,18+,33?/m1/s1. The molecular weight excluding hydrogens is 490 g/mol. The molecule has 1 aromatic heterocycles. The Balaban J connectivity index is 1.34. The van der Waals surface area contributed by atoms with Crippen molar-refractivity contribution in [2.75, 3.05) is 19.0 Å². The van der Waals surface area contributed by atoms with Gasteiger partial charge < -0.3 is 9.64 Å². The van der Waals surface area contributed by atoms with Gasteiger partial charge in [-0.2, -0.15) is 10.8 Å². The Morgan fingerprint density at radius 2 is 2.16 bits per heavy atom. The van der Waals surface area contributed by atoms with Crippen molar-refractivity contribution in [2.24, 2.45) is 21.7 Å². The number of carbonyl (C=O) groups is 2. The summed E-state index contributed by atoms with van der Waals surface area (Å²) in [4.78, 5) is 41.9. The highest BCUT2D eigenvalue weighted by molar-refractivity contribution is 7.15. The normalized spacial score (nSPS) is 26.3. The molecular formula is C26H28N7O3S+. The molecule has 0 aliphatic carbocycles. The van der Waals surface area contributed by atoms with Crippen molar-refractivity contribution in [3.05, 3.63) is 64.2 Å². The van der Waals surface area contributed by atoms with E-state index >= 15 is 0 Å². The first-order valence-corrected chi connectivity index (χ1v) is 13.1. The maximum atomic E-state index is 12.9. The zero-order valence-electron chi connectivity index (χ0n) is 20.7. The number of ether oxygens (including phenoxy) is 1. The first-order valence-electron chi connectivity index (χ1n) is 12.3. The maximum Gasteiger partial charge on any atom is 0.268 e. The lowest BCUT2D eigenvalue weighted by molar-refractivity contribution is -0.750. The zero-order chi connectivity index (χ0) is 25.7. The summed E-state index contributed by atoms with van der Waals surface area (Å²) in [5.41, 5.74) is 2.76. The molecule has 2 saturated heterocycles. The Morgan fingerprint density at radius 3 is 2.95 bits per heavy atom. The summed E-state index contributed by atoms with van der Waals surface area (Å²) in [5, 5.41) is 3.37. The number of aromatic nitrogens is 1. The number of piperidine rings is 1. The highest BCUT2D eigenvalue weighted by Gasteiger charge is 2.48. The number of amidine groups is 1. The number of allylic oxidation sites excluding steroid dienone is 1. The Labute approximate surface area is 218 Å². The van der Waals surface area contributed by atoms with Crippen molar-refractivity contribution in [3.8, 4) is 5.75 Å². The van der Waals surface area contributed by atoms with Gasteiger partial charge in [0.25, 0.3) is 11.7 Å². The van der Waals surface area contributed by atoms with Crippen LogP contribution in [0.15, 0.2) is 58.2 Å². The lowest BCUT2D eigenvalue weighted by atomic mass is 9.90. The zero-order valence-corrected chi connectivity index (χ0v) is 21.5. The first kappa shape index (κ1) is 23.7. The molecule has 4 aliphatic rings. The molecule has 2 aromatic rings. The van der Waals surface area contributed by atoms with Crippen LogP contribution in [0.5, 0.6) is 5.75 Å². The monoisotopic (exact) mass is 518 g/mol. The fourth-order valence-corrected chi connectivity index (χ4v) is 6.24. The number of anilines is 1. The Morgan fingerprint density at radius 1 is 1.30 bits per heavy atom. The summed E-state index contributed by atoms with van der Waals surface area (Å²) in [6.45, 7) is 2.58. The first-order chi connectivity index (χ1) is 17.9. The van der Waals surface area contributed by atoms with E-state index in [2.05, 4.69) is 15.3 Å². The molecule has 3 N–H and O–H groups in total. The number of amides is 2. The molecule has 0 spiro atoms. The van der Waals surface area contributed by atoms with Crippen LogP contribution in [-0.2, 0) is 4.79 Å². The number of aryl methyl sites for hydroxylation is 1. The van der Waals surface area contributed by atoms with E-state index in [1.54, 1.807) is 44.1 Å². The molecule has 3 atom stereocenters. The van der Waals surface area contributed by atoms with Gasteiger partial charge in [0.2, 0.25) is 11.6 Å². The number of hydrogen-bond donors (Lipinski definition) is 2. The summed E-state index contributed by atoms with van der Waals surface area (Å²) in [6.07, 6.45) is 10.4. The quantitative estimate of drug-likeness (QED) is 0.464. The molecule has 37 heavy (non-hydrogen) atoms. The maximum absolute atomic E-state index is 12.9. The minimum absolute atomic E-state index is 0.0719. The Kier molecular flexibility index (Phi) is 5.78. The number of quaternary nitrogens is 1. The van der Waals surface area contributed by atoms with E-state index in [1.165, 1.54) is 11.3 Å². The molecule has 2 fully saturated rings. The molecule has 1 aromatic carbocycles. The topological polar surface area (TPSA) is 122 Å². The van der Waals surface area contributed by atoms with Crippen molar-refractivity contribution in [3.63, 3.8) is 0 Å². The van der Waals surface area contributed by atoms with Gasteiger partial charge in [-0.3, -0.25) is 19.9 Å². The van der Waals surface area contributed by atoms with Crippen molar-refractivity contribution < 1.29 is 18.9 Å². The predicted octanol–water partition coefficient (Wildman–Crippen LogP) is 3.33. The van der Waals surface area contributed by atoms with Crippen molar-refractivity contribution in [2.45, 2.75) is 38.6 Å². The smallest absolute Gasteiger partial charge is 0.268 e. The van der Waals surface area contributed by atoms with Crippen LogP contribution in [0.2, 0.25) is 0 Å². The van der Waals surface area contributed by atoms with E-state index in [4.69, 9.17) is 15.6 Å². The van der Waals surface area contributed by atoms with E-state index < -0.39 is 0 Å². The molecule has 11 heteroatoms. The third-order valence-electron chi connectivity index (χ3n) is 7.47. The van der Waals surface area contributed by atoms with Gasteiger partial charge in [-0.15, -0.1) is 15.9 Å². The number of nitrogens with two attached hydrogens (primary N) is 1. The third-order valence-corrected chi connectivity index (χ3v) is 8.30. The number of methoxy groups -OCH3 is 1. The van der Waals surface area contributed by atoms with Gasteiger partial charge in [0.05, 0.1) is 19.5 Å². The minimum Gasteiger partial charge on any atom is -0.496 e. The number of fused-ring (bicyclic) bond motifs is 2. The lowest BCUT2D eigenvalue weighted by Crippen LogP contribution is -2.53. The van der Waals surface area contributed by atoms with E-state index in [1.807, 2.05) is 17.9 Å². The second-order valence-electron chi connectivity index (χ2n) is 9.72. The third kappa shape index (κ3) is 3.99. The highest BCUT2D eigenvalue weighted by atomic mass is 32.1. The highest BCUT2D eigenvalue weighted by Crippen LogP contribution is 2.41. The van der Waals surface area contributed by atoms with E-state index in [-0.39, 0.29) is 22.3 Å². The average molecular weight is 519 g/mol. The summed E-state index contributed by atoms with van der Waals surface area (Å²) in [7, 11) is 1.56. The van der Waals surface area contributed by atoms with Crippen LogP contribution in [0, 0.1) is 12.8 Å². The van der Waals surface area contributed by atoms with Gasteiger partial charge in [0, 0.05) is 41.6 Å². The number of hydrogen-bond acceptors (Lipinski definition) is 8. The van der Waals surface area contributed by atoms with Crippen LogP contribution in [0.3, 0.4) is 0 Å². The average Bonchev–Trinajstić information content (AvgIpc) is 3.58. The molecule has 10 nitrogen and oxygen atoms in total. The van der Waals surface area contributed by atoms with Gasteiger partial charge in [-0.25, -0.2) is 4.98 Å². The second-order valence-corrected chi connectivity index (χ2v) is 11.0. The van der Waals surface area contributed by atoms with Crippen LogP contribution >= 0.6 is 11.3 Å². The molecule has 0 radical (unpaired) electrons. The van der Waals surface area contributed by atoms with E-state index in [9.17, 15) is 9.59 Å². The molecule has 190 valence electrons. The number of benzene rings is 1. The SMILES string of the molecule is COc1cc(C(=O)Nc2ncc(C)s2)ccc1C1=NC([C@@H]2CC[C@H]3CCC(=O)N3C2)=C2C=NC=C[N+]12N. The van der Waals surface area contributed by atoms with Gasteiger partial charge in [-0.1, -0.05) is 0 Å². The van der Waals surface area contributed by atoms with Crippen molar-refractivity contribution in [1.29, 1.82) is 0 Å². The summed E-state index contributed by atoms with van der Waals surface area (Å²) in [6, 6.07) is 5.57. The van der Waals surface area contributed by atoms with Crippen molar-refractivity contribution in [1.82, 2.24) is 9.88 Å². The molecule has 0 bridgehead atoms. The number of nitrogens with one attached hydrogen (secondary N) is 1. The van der Waals surface area contributed by atoms with Crippen LogP contribution in [0.4, 0.5) is 5.13 Å². The molecule has 0 saturated carbocycles. The molecule has 2 amide bonds. The van der Waals surface area contributed by atoms with Gasteiger partial charge in [0.1, 0.15) is 23.2 Å². The number of thiazole rings is 1. The summed E-state index contributed by atoms with van der Waals surface area (Å²) in [5.74, 6) is 8.03. The fourth-order valence-electron chi connectivity index (χ4n) is 5.58. The summed E-state index contributed by atoms with van der Waals surface area (Å²) < 4.78 is 5.56. The van der Waals surface area contributed by atoms with Crippen LogP contribution in [0.25, 0.3) is 0 Å². The minimum atomic E-state index is -0.277. The fraction of sp³-hybridized carbons (Fsp3) is 0.346. The number of aliphatic imine (C=N–C) groups is 2. The van der Waals surface area contributed by atoms with Gasteiger partial charge in [0.15, 0.2) is 5.13 Å². The van der Waals surface area contributed by atoms with E-state index in [0.717, 1.165) is 35.5 Å². The van der Waals surface area contributed by atoms with Gasteiger partial charge in [-0.05, 0) is 44.4 Å². The van der Waals surface area contributed by atoms with Gasteiger partial charge >= 0.3 is 0 Å². The van der Waals surface area contributed by atoms with Crippen LogP contribution in [-0.4, -0.2) is 58.0 Å². The lowest BCUT2D eigenvalue weighted by Gasteiger charge is -2.35. The Hall–Kier alpha value is -3.67. The van der Waals surface area contributed by atoms with E-state index in [0.29, 0.717) is 46.9 Å². The molecule has 1 unspecified atom stereocenters.